The van der Waals surface area contributed by atoms with Gasteiger partial charge in [0.15, 0.2) is 0 Å². The minimum Gasteiger partial charge on any atom is -0.359 e. The van der Waals surface area contributed by atoms with Gasteiger partial charge in [0.1, 0.15) is 12.2 Å². The summed E-state index contributed by atoms with van der Waals surface area (Å²) >= 11 is 0. The van der Waals surface area contributed by atoms with Crippen LogP contribution in [-0.2, 0) is 4.74 Å². The van der Waals surface area contributed by atoms with Crippen molar-refractivity contribution in [3.8, 4) is 0 Å². The Balaban J connectivity index is 2.00. The van der Waals surface area contributed by atoms with Gasteiger partial charge in [-0.1, -0.05) is 54.6 Å². The van der Waals surface area contributed by atoms with E-state index in [1.165, 1.54) is 43.4 Å². The lowest BCUT2D eigenvalue weighted by Gasteiger charge is -2.17. The molecule has 1 fully saturated rings. The zero-order chi connectivity index (χ0) is 13.6. The van der Waals surface area contributed by atoms with E-state index >= 15 is 0 Å². The van der Waals surface area contributed by atoms with Crippen LogP contribution in [0.1, 0.15) is 23.3 Å². The Hall–Kier alpha value is -2.38. The van der Waals surface area contributed by atoms with Gasteiger partial charge in [0.2, 0.25) is 0 Å². The molecule has 0 aromatic heterocycles. The molecule has 4 aromatic carbocycles. The van der Waals surface area contributed by atoms with Gasteiger partial charge < -0.3 is 4.74 Å². The van der Waals surface area contributed by atoms with Gasteiger partial charge in [-0.2, -0.15) is 0 Å². The fourth-order valence-corrected chi connectivity index (χ4v) is 4.09. The molecule has 21 heavy (non-hydrogen) atoms. The van der Waals surface area contributed by atoms with Crippen molar-refractivity contribution in [3.05, 3.63) is 71.8 Å². The number of hydrogen-bond acceptors (Lipinski definition) is 1. The summed E-state index contributed by atoms with van der Waals surface area (Å²) in [7, 11) is 0. The summed E-state index contributed by atoms with van der Waals surface area (Å²) < 4.78 is 5.99. The van der Waals surface area contributed by atoms with Gasteiger partial charge in [0.05, 0.1) is 0 Å². The summed E-state index contributed by atoms with van der Waals surface area (Å²) in [4.78, 5) is 0. The zero-order valence-corrected chi connectivity index (χ0v) is 11.3. The van der Waals surface area contributed by atoms with Crippen molar-refractivity contribution in [3.63, 3.8) is 0 Å². The minimum absolute atomic E-state index is 0.262. The highest BCUT2D eigenvalue weighted by atomic mass is 16.6. The third-order valence-electron chi connectivity index (χ3n) is 5.03. The van der Waals surface area contributed by atoms with Crippen molar-refractivity contribution < 1.29 is 4.74 Å². The first-order valence-corrected chi connectivity index (χ1v) is 7.44. The molecule has 0 amide bonds. The largest absolute Gasteiger partial charge is 0.359 e. The number of rotatable bonds is 0. The molecule has 0 spiro atoms. The summed E-state index contributed by atoms with van der Waals surface area (Å²) in [6.07, 6.45) is 0.533. The number of ether oxygens (including phenoxy) is 1. The highest BCUT2D eigenvalue weighted by molar-refractivity contribution is 6.20. The molecule has 1 saturated heterocycles. The van der Waals surface area contributed by atoms with Gasteiger partial charge >= 0.3 is 0 Å². The summed E-state index contributed by atoms with van der Waals surface area (Å²) in [5.74, 6) is 0. The van der Waals surface area contributed by atoms with Crippen LogP contribution in [0.4, 0.5) is 0 Å². The van der Waals surface area contributed by atoms with Gasteiger partial charge in [-0.3, -0.25) is 0 Å². The Kier molecular flexibility index (Phi) is 1.61. The van der Waals surface area contributed by atoms with E-state index in [1.54, 1.807) is 0 Å². The first-order chi connectivity index (χ1) is 10.4. The lowest BCUT2D eigenvalue weighted by atomic mass is 9.84. The average Bonchev–Trinajstić information content (AvgIpc) is 3.34. The standard InChI is InChI=1S/C20H12O/c1-2-6-13-12(4-1)10-16-18-14(13)9-8-11-5-3-7-15(17(11)18)19-20(16)21-19/h1-10,19-20H. The predicted molar refractivity (Wildman–Crippen MR) is 85.5 cm³/mol. The number of hydrogen-bond donors (Lipinski definition) is 0. The highest BCUT2D eigenvalue weighted by Crippen LogP contribution is 2.59. The molecule has 4 aromatic rings. The van der Waals surface area contributed by atoms with Gasteiger partial charge in [0, 0.05) is 0 Å². The van der Waals surface area contributed by atoms with E-state index in [1.807, 2.05) is 0 Å². The Morgan fingerprint density at radius 2 is 1.48 bits per heavy atom. The minimum atomic E-state index is 0.262. The van der Waals surface area contributed by atoms with E-state index in [4.69, 9.17) is 4.74 Å². The van der Waals surface area contributed by atoms with Gasteiger partial charge in [-0.15, -0.1) is 0 Å². The highest BCUT2D eigenvalue weighted by Gasteiger charge is 2.46. The third kappa shape index (κ3) is 1.13. The van der Waals surface area contributed by atoms with E-state index in [0.717, 1.165) is 0 Å². The van der Waals surface area contributed by atoms with Crippen molar-refractivity contribution in [2.45, 2.75) is 12.2 Å². The molecule has 1 heteroatoms. The van der Waals surface area contributed by atoms with E-state index in [2.05, 4.69) is 60.7 Å². The lowest BCUT2D eigenvalue weighted by molar-refractivity contribution is 0.380. The van der Waals surface area contributed by atoms with Crippen LogP contribution in [0.3, 0.4) is 0 Å². The molecule has 6 rings (SSSR count). The second kappa shape index (κ2) is 3.26. The molecule has 0 N–H and O–H groups in total. The SMILES string of the molecule is c1ccc2c(c1)cc1c3c2ccc2cccc(c23)C2OC12. The van der Waals surface area contributed by atoms with Crippen LogP contribution in [0.5, 0.6) is 0 Å². The first kappa shape index (κ1) is 10.4. The Morgan fingerprint density at radius 1 is 0.619 bits per heavy atom. The van der Waals surface area contributed by atoms with Crippen LogP contribution in [0.15, 0.2) is 60.7 Å². The quantitative estimate of drug-likeness (QED) is 0.312. The summed E-state index contributed by atoms with van der Waals surface area (Å²) in [5, 5.41) is 8.14. The molecule has 1 aliphatic heterocycles. The van der Waals surface area contributed by atoms with Crippen molar-refractivity contribution in [1.29, 1.82) is 0 Å². The van der Waals surface area contributed by atoms with Crippen LogP contribution < -0.4 is 0 Å². The van der Waals surface area contributed by atoms with E-state index in [-0.39, 0.29) is 12.2 Å². The fourth-order valence-electron chi connectivity index (χ4n) is 4.09. The average molecular weight is 268 g/mol. The fraction of sp³-hybridized carbons (Fsp3) is 0.100. The molecule has 1 nitrogen and oxygen atoms in total. The Morgan fingerprint density at radius 3 is 2.48 bits per heavy atom. The van der Waals surface area contributed by atoms with Crippen LogP contribution in [0.25, 0.3) is 32.3 Å². The molecule has 1 heterocycles. The van der Waals surface area contributed by atoms with Crippen molar-refractivity contribution in [2.24, 2.45) is 0 Å². The van der Waals surface area contributed by atoms with Crippen LogP contribution >= 0.6 is 0 Å². The number of fused-ring (bicyclic) bond motifs is 5. The molecule has 1 aliphatic carbocycles. The third-order valence-corrected chi connectivity index (χ3v) is 5.03. The van der Waals surface area contributed by atoms with Gasteiger partial charge in [0.25, 0.3) is 0 Å². The Bertz CT molecular complexity index is 1080. The lowest BCUT2D eigenvalue weighted by Crippen LogP contribution is -1.97. The number of epoxide rings is 1. The van der Waals surface area contributed by atoms with E-state index < -0.39 is 0 Å². The maximum absolute atomic E-state index is 5.99. The molecule has 0 radical (unpaired) electrons. The van der Waals surface area contributed by atoms with Gasteiger partial charge in [-0.25, -0.2) is 0 Å². The molecule has 2 aliphatic rings. The second-order valence-corrected chi connectivity index (χ2v) is 6.10. The van der Waals surface area contributed by atoms with Crippen molar-refractivity contribution >= 4 is 32.3 Å². The summed E-state index contributed by atoms with van der Waals surface area (Å²) in [6.45, 7) is 0. The molecular formula is C20H12O. The smallest absolute Gasteiger partial charge is 0.114 e. The monoisotopic (exact) mass is 268 g/mol. The molecular weight excluding hydrogens is 256 g/mol. The van der Waals surface area contributed by atoms with Crippen molar-refractivity contribution in [2.75, 3.05) is 0 Å². The Labute approximate surface area is 121 Å². The summed E-state index contributed by atoms with van der Waals surface area (Å²) in [5.41, 5.74) is 2.74. The zero-order valence-electron chi connectivity index (χ0n) is 11.3. The topological polar surface area (TPSA) is 12.5 Å². The first-order valence-electron chi connectivity index (χ1n) is 7.44. The second-order valence-electron chi connectivity index (χ2n) is 6.10. The maximum atomic E-state index is 5.99. The molecule has 2 unspecified atom stereocenters. The van der Waals surface area contributed by atoms with Crippen LogP contribution in [0, 0.1) is 0 Å². The normalized spacial score (nSPS) is 22.1. The molecule has 98 valence electrons. The number of benzene rings is 4. The maximum Gasteiger partial charge on any atom is 0.114 e. The van der Waals surface area contributed by atoms with Crippen molar-refractivity contribution in [1.82, 2.24) is 0 Å². The van der Waals surface area contributed by atoms with Crippen LogP contribution in [0.2, 0.25) is 0 Å². The summed E-state index contributed by atoms with van der Waals surface area (Å²) in [6, 6.07) is 22.1. The van der Waals surface area contributed by atoms with Crippen LogP contribution in [-0.4, -0.2) is 0 Å². The van der Waals surface area contributed by atoms with Gasteiger partial charge in [-0.05, 0) is 49.5 Å². The molecule has 2 atom stereocenters. The van der Waals surface area contributed by atoms with E-state index in [0.29, 0.717) is 0 Å². The predicted octanol–water partition coefficient (Wildman–Crippen LogP) is 5.27. The molecule has 0 saturated carbocycles. The molecule has 0 bridgehead atoms. The van der Waals surface area contributed by atoms with E-state index in [9.17, 15) is 0 Å².